The van der Waals surface area contributed by atoms with Crippen LogP contribution in [0.5, 0.6) is 0 Å². The van der Waals surface area contributed by atoms with Gasteiger partial charge in [-0.05, 0) is 24.6 Å². The van der Waals surface area contributed by atoms with Crippen LogP contribution in [0, 0.1) is 11.3 Å². The van der Waals surface area contributed by atoms with Crippen molar-refractivity contribution in [2.45, 2.75) is 13.0 Å². The molecule has 2 aromatic rings. The second kappa shape index (κ2) is 5.74. The number of rotatable bonds is 3. The van der Waals surface area contributed by atoms with E-state index in [4.69, 9.17) is 5.26 Å². The van der Waals surface area contributed by atoms with E-state index in [2.05, 4.69) is 21.4 Å². The molecule has 94 valence electrons. The van der Waals surface area contributed by atoms with Crippen LogP contribution in [-0.4, -0.2) is 15.9 Å². The average molecular weight is 252 g/mol. The lowest BCUT2D eigenvalue weighted by molar-refractivity contribution is 0.0934. The number of hydrogen-bond acceptors (Lipinski definition) is 4. The molecule has 1 unspecified atom stereocenters. The van der Waals surface area contributed by atoms with Gasteiger partial charge in [-0.15, -0.1) is 0 Å². The number of amides is 1. The van der Waals surface area contributed by atoms with Gasteiger partial charge in [-0.25, -0.2) is 4.98 Å². The first-order valence-corrected chi connectivity index (χ1v) is 5.77. The van der Waals surface area contributed by atoms with Crippen LogP contribution in [0.2, 0.25) is 0 Å². The highest BCUT2D eigenvalue weighted by Crippen LogP contribution is 2.13. The summed E-state index contributed by atoms with van der Waals surface area (Å²) in [6.07, 6.45) is 4.41. The van der Waals surface area contributed by atoms with Gasteiger partial charge in [0.05, 0.1) is 23.9 Å². The van der Waals surface area contributed by atoms with Crippen LogP contribution in [0.25, 0.3) is 0 Å². The van der Waals surface area contributed by atoms with E-state index < -0.39 is 0 Å². The zero-order valence-electron chi connectivity index (χ0n) is 10.4. The highest BCUT2D eigenvalue weighted by Gasteiger charge is 2.12. The Bertz CT molecular complexity index is 602. The molecule has 1 N–H and O–H groups in total. The molecule has 0 bridgehead atoms. The SMILES string of the molecule is CC(NC(=O)c1cnccn1)c1ccc(C#N)cc1. The van der Waals surface area contributed by atoms with Gasteiger partial charge in [-0.2, -0.15) is 5.26 Å². The molecule has 0 fully saturated rings. The number of aromatic nitrogens is 2. The largest absolute Gasteiger partial charge is 0.344 e. The van der Waals surface area contributed by atoms with Crippen LogP contribution in [0.15, 0.2) is 42.9 Å². The normalized spacial score (nSPS) is 11.4. The average Bonchev–Trinajstić information content (AvgIpc) is 2.48. The molecule has 0 aliphatic heterocycles. The maximum absolute atomic E-state index is 11.9. The molecule has 0 spiro atoms. The summed E-state index contributed by atoms with van der Waals surface area (Å²) in [6, 6.07) is 8.97. The van der Waals surface area contributed by atoms with Crippen molar-refractivity contribution in [2.75, 3.05) is 0 Å². The molecule has 5 heteroatoms. The molecule has 0 radical (unpaired) electrons. The van der Waals surface area contributed by atoms with Crippen molar-refractivity contribution in [2.24, 2.45) is 0 Å². The lowest BCUT2D eigenvalue weighted by Gasteiger charge is -2.13. The van der Waals surface area contributed by atoms with Gasteiger partial charge in [-0.1, -0.05) is 12.1 Å². The Balaban J connectivity index is 2.06. The van der Waals surface area contributed by atoms with Gasteiger partial charge < -0.3 is 5.32 Å². The summed E-state index contributed by atoms with van der Waals surface area (Å²) in [4.78, 5) is 19.7. The molecule has 0 aliphatic carbocycles. The van der Waals surface area contributed by atoms with Crippen molar-refractivity contribution in [1.29, 1.82) is 5.26 Å². The summed E-state index contributed by atoms with van der Waals surface area (Å²) in [7, 11) is 0. The number of nitrogens with zero attached hydrogens (tertiary/aromatic N) is 3. The summed E-state index contributed by atoms with van der Waals surface area (Å²) >= 11 is 0. The van der Waals surface area contributed by atoms with Crippen LogP contribution < -0.4 is 5.32 Å². The summed E-state index contributed by atoms with van der Waals surface area (Å²) in [5.41, 5.74) is 1.80. The van der Waals surface area contributed by atoms with E-state index in [-0.39, 0.29) is 17.6 Å². The number of hydrogen-bond donors (Lipinski definition) is 1. The molecule has 1 aromatic heterocycles. The molecule has 5 nitrogen and oxygen atoms in total. The van der Waals surface area contributed by atoms with Gasteiger partial charge in [0.25, 0.3) is 5.91 Å². The minimum Gasteiger partial charge on any atom is -0.344 e. The Morgan fingerprint density at radius 1 is 1.32 bits per heavy atom. The van der Waals surface area contributed by atoms with Crippen LogP contribution in [-0.2, 0) is 0 Å². The van der Waals surface area contributed by atoms with E-state index in [0.29, 0.717) is 5.56 Å². The first-order valence-electron chi connectivity index (χ1n) is 5.77. The van der Waals surface area contributed by atoms with Crippen LogP contribution in [0.1, 0.15) is 34.6 Å². The zero-order chi connectivity index (χ0) is 13.7. The number of benzene rings is 1. The predicted octanol–water partition coefficient (Wildman–Crippen LogP) is 1.84. The molecule has 1 heterocycles. The lowest BCUT2D eigenvalue weighted by atomic mass is 10.1. The zero-order valence-corrected chi connectivity index (χ0v) is 10.4. The van der Waals surface area contributed by atoms with E-state index in [9.17, 15) is 4.79 Å². The van der Waals surface area contributed by atoms with Crippen molar-refractivity contribution in [3.05, 3.63) is 59.7 Å². The maximum Gasteiger partial charge on any atom is 0.271 e. The third-order valence-electron chi connectivity index (χ3n) is 2.68. The second-order valence-electron chi connectivity index (χ2n) is 4.02. The van der Waals surface area contributed by atoms with Crippen molar-refractivity contribution < 1.29 is 4.79 Å². The Hall–Kier alpha value is -2.74. The standard InChI is InChI=1S/C14H12N4O/c1-10(12-4-2-11(8-15)3-5-12)18-14(19)13-9-16-6-7-17-13/h2-7,9-10H,1H3,(H,18,19). The molecule has 0 aliphatic rings. The maximum atomic E-state index is 11.9. The number of nitriles is 1. The monoisotopic (exact) mass is 252 g/mol. The first kappa shape index (κ1) is 12.7. The van der Waals surface area contributed by atoms with Gasteiger partial charge in [0.1, 0.15) is 5.69 Å². The fraction of sp³-hybridized carbons (Fsp3) is 0.143. The first-order chi connectivity index (χ1) is 9.20. The Morgan fingerprint density at radius 2 is 2.05 bits per heavy atom. The van der Waals surface area contributed by atoms with Gasteiger partial charge >= 0.3 is 0 Å². The van der Waals surface area contributed by atoms with E-state index in [1.807, 2.05) is 19.1 Å². The molecule has 0 saturated carbocycles. The molecule has 2 rings (SSSR count). The van der Waals surface area contributed by atoms with Crippen molar-refractivity contribution in [3.63, 3.8) is 0 Å². The third kappa shape index (κ3) is 3.13. The lowest BCUT2D eigenvalue weighted by Crippen LogP contribution is -2.27. The minimum atomic E-state index is -0.273. The van der Waals surface area contributed by atoms with Crippen molar-refractivity contribution >= 4 is 5.91 Å². The van der Waals surface area contributed by atoms with Gasteiger partial charge in [0.15, 0.2) is 0 Å². The second-order valence-corrected chi connectivity index (χ2v) is 4.02. The van der Waals surface area contributed by atoms with E-state index >= 15 is 0 Å². The molecule has 1 atom stereocenters. The smallest absolute Gasteiger partial charge is 0.271 e. The van der Waals surface area contributed by atoms with Crippen LogP contribution in [0.3, 0.4) is 0 Å². The number of carbonyl (C=O) groups is 1. The van der Waals surface area contributed by atoms with Gasteiger partial charge in [-0.3, -0.25) is 9.78 Å². The van der Waals surface area contributed by atoms with Crippen LogP contribution in [0.4, 0.5) is 0 Å². The van der Waals surface area contributed by atoms with E-state index in [1.165, 1.54) is 18.6 Å². The van der Waals surface area contributed by atoms with Gasteiger partial charge in [0.2, 0.25) is 0 Å². The summed E-state index contributed by atoms with van der Waals surface area (Å²) in [5.74, 6) is -0.273. The molecule has 19 heavy (non-hydrogen) atoms. The summed E-state index contributed by atoms with van der Waals surface area (Å²) in [5, 5.41) is 11.6. The Morgan fingerprint density at radius 3 is 2.63 bits per heavy atom. The number of nitrogens with one attached hydrogen (secondary N) is 1. The van der Waals surface area contributed by atoms with Crippen LogP contribution >= 0.6 is 0 Å². The molecular weight excluding hydrogens is 240 g/mol. The van der Waals surface area contributed by atoms with Gasteiger partial charge in [0, 0.05) is 12.4 Å². The predicted molar refractivity (Wildman–Crippen MR) is 69.1 cm³/mol. The van der Waals surface area contributed by atoms with E-state index in [1.54, 1.807) is 12.1 Å². The highest BCUT2D eigenvalue weighted by atomic mass is 16.1. The fourth-order valence-electron chi connectivity index (χ4n) is 1.62. The Labute approximate surface area is 110 Å². The Kier molecular flexibility index (Phi) is 3.84. The fourth-order valence-corrected chi connectivity index (χ4v) is 1.62. The summed E-state index contributed by atoms with van der Waals surface area (Å²) in [6.45, 7) is 1.87. The third-order valence-corrected chi connectivity index (χ3v) is 2.68. The molecule has 1 aromatic carbocycles. The highest BCUT2D eigenvalue weighted by molar-refractivity contribution is 5.92. The number of carbonyl (C=O) groups excluding carboxylic acids is 1. The minimum absolute atomic E-state index is 0.165. The quantitative estimate of drug-likeness (QED) is 0.904. The van der Waals surface area contributed by atoms with Crippen molar-refractivity contribution in [1.82, 2.24) is 15.3 Å². The summed E-state index contributed by atoms with van der Waals surface area (Å²) < 4.78 is 0. The molecule has 1 amide bonds. The molecule has 0 saturated heterocycles. The topological polar surface area (TPSA) is 78.7 Å². The molecular formula is C14H12N4O. The van der Waals surface area contributed by atoms with E-state index in [0.717, 1.165) is 5.56 Å². The van der Waals surface area contributed by atoms with Crippen molar-refractivity contribution in [3.8, 4) is 6.07 Å².